The molecule has 4 rings (SSSR count). The van der Waals surface area contributed by atoms with Gasteiger partial charge in [-0.05, 0) is 62.4 Å². The lowest BCUT2D eigenvalue weighted by molar-refractivity contribution is -0.119. The van der Waals surface area contributed by atoms with Crippen molar-refractivity contribution in [3.8, 4) is 0 Å². The van der Waals surface area contributed by atoms with Crippen molar-refractivity contribution in [1.29, 1.82) is 0 Å². The van der Waals surface area contributed by atoms with Crippen molar-refractivity contribution in [3.05, 3.63) is 47.7 Å². The number of rotatable bonds is 8. The van der Waals surface area contributed by atoms with E-state index in [0.29, 0.717) is 36.2 Å². The Labute approximate surface area is 193 Å². The Morgan fingerprint density at radius 2 is 1.88 bits per heavy atom. The molecule has 1 saturated heterocycles. The van der Waals surface area contributed by atoms with Gasteiger partial charge < -0.3 is 15.4 Å². The normalized spacial score (nSPS) is 16.8. The molecule has 1 aromatic heterocycles. The van der Waals surface area contributed by atoms with Gasteiger partial charge in [0, 0.05) is 31.0 Å². The summed E-state index contributed by atoms with van der Waals surface area (Å²) < 4.78 is 32.4. The lowest BCUT2D eigenvalue weighted by Gasteiger charge is -2.26. The zero-order valence-corrected chi connectivity index (χ0v) is 19.4. The second-order valence-corrected chi connectivity index (χ2v) is 10.4. The Kier molecular flexibility index (Phi) is 6.94. The quantitative estimate of drug-likeness (QED) is 0.567. The lowest BCUT2D eigenvalue weighted by Crippen LogP contribution is -2.35. The first-order valence-electron chi connectivity index (χ1n) is 11.1. The second-order valence-electron chi connectivity index (χ2n) is 8.42. The molecule has 0 unspecified atom stereocenters. The molecule has 2 heterocycles. The predicted molar refractivity (Wildman–Crippen MR) is 124 cm³/mol. The van der Waals surface area contributed by atoms with Crippen molar-refractivity contribution in [2.24, 2.45) is 0 Å². The molecule has 1 saturated carbocycles. The van der Waals surface area contributed by atoms with Gasteiger partial charge in [-0.15, -0.1) is 0 Å². The Morgan fingerprint density at radius 1 is 1.12 bits per heavy atom. The summed E-state index contributed by atoms with van der Waals surface area (Å²) in [4.78, 5) is 28.9. The molecule has 0 atom stereocenters. The van der Waals surface area contributed by atoms with Gasteiger partial charge in [-0.1, -0.05) is 12.5 Å². The molecular weight excluding hydrogens is 444 g/mol. The fourth-order valence-corrected chi connectivity index (χ4v) is 5.13. The smallest absolute Gasteiger partial charge is 0.340 e. The highest BCUT2D eigenvalue weighted by Gasteiger charge is 2.26. The summed E-state index contributed by atoms with van der Waals surface area (Å²) in [5, 5.41) is 5.87. The summed E-state index contributed by atoms with van der Waals surface area (Å²) >= 11 is 0. The third kappa shape index (κ3) is 5.88. The third-order valence-corrected chi connectivity index (χ3v) is 7.59. The van der Waals surface area contributed by atoms with Crippen LogP contribution in [0.2, 0.25) is 0 Å². The molecule has 0 radical (unpaired) electrons. The minimum absolute atomic E-state index is 0.133. The molecule has 0 bridgehead atoms. The number of hydrogen-bond acceptors (Lipinski definition) is 7. The number of benzene rings is 1. The Balaban J connectivity index is 1.34. The highest BCUT2D eigenvalue weighted by Crippen LogP contribution is 2.25. The molecule has 1 aliphatic carbocycles. The molecule has 10 heteroatoms. The van der Waals surface area contributed by atoms with Crippen molar-refractivity contribution in [2.45, 2.75) is 50.0 Å². The van der Waals surface area contributed by atoms with E-state index in [1.54, 1.807) is 31.2 Å². The van der Waals surface area contributed by atoms with Crippen LogP contribution >= 0.6 is 0 Å². The van der Waals surface area contributed by atoms with Crippen LogP contribution in [0.15, 0.2) is 41.4 Å². The van der Waals surface area contributed by atoms with E-state index in [2.05, 4.69) is 15.6 Å². The van der Waals surface area contributed by atoms with Crippen LogP contribution in [0.3, 0.4) is 0 Å². The average molecular weight is 473 g/mol. The van der Waals surface area contributed by atoms with Gasteiger partial charge in [0.2, 0.25) is 10.0 Å². The van der Waals surface area contributed by atoms with Crippen molar-refractivity contribution >= 4 is 33.4 Å². The van der Waals surface area contributed by atoms with Crippen LogP contribution in [0.4, 0.5) is 11.5 Å². The summed E-state index contributed by atoms with van der Waals surface area (Å²) in [7, 11) is -3.62. The number of carbonyl (C=O) groups excluding carboxylic acids is 2. The number of amides is 1. The third-order valence-electron chi connectivity index (χ3n) is 5.70. The molecule has 1 aliphatic heterocycles. The van der Waals surface area contributed by atoms with Crippen molar-refractivity contribution in [3.63, 3.8) is 0 Å². The molecule has 2 fully saturated rings. The van der Waals surface area contributed by atoms with Gasteiger partial charge in [0.15, 0.2) is 6.61 Å². The Morgan fingerprint density at radius 3 is 2.55 bits per heavy atom. The van der Waals surface area contributed by atoms with Crippen molar-refractivity contribution in [1.82, 2.24) is 9.29 Å². The molecule has 9 nitrogen and oxygen atoms in total. The maximum Gasteiger partial charge on any atom is 0.340 e. The highest BCUT2D eigenvalue weighted by atomic mass is 32.2. The molecule has 0 spiro atoms. The van der Waals surface area contributed by atoms with Gasteiger partial charge in [0.05, 0.1) is 10.5 Å². The lowest BCUT2D eigenvalue weighted by atomic mass is 10.2. The van der Waals surface area contributed by atoms with Gasteiger partial charge in [-0.3, -0.25) is 4.79 Å². The maximum absolute atomic E-state index is 12.9. The molecule has 1 aromatic carbocycles. The number of aromatic nitrogens is 1. The fourth-order valence-electron chi connectivity index (χ4n) is 3.59. The van der Waals surface area contributed by atoms with Crippen LogP contribution in [-0.2, 0) is 19.6 Å². The topological polar surface area (TPSA) is 118 Å². The van der Waals surface area contributed by atoms with Crippen LogP contribution < -0.4 is 10.6 Å². The first-order valence-corrected chi connectivity index (χ1v) is 12.6. The van der Waals surface area contributed by atoms with Crippen LogP contribution in [0.5, 0.6) is 0 Å². The van der Waals surface area contributed by atoms with E-state index >= 15 is 0 Å². The number of anilines is 2. The number of nitrogens with one attached hydrogen (secondary N) is 2. The van der Waals surface area contributed by atoms with Gasteiger partial charge in [-0.2, -0.15) is 4.31 Å². The molecule has 1 amide bonds. The van der Waals surface area contributed by atoms with Crippen molar-refractivity contribution < 1.29 is 22.7 Å². The van der Waals surface area contributed by atoms with Gasteiger partial charge in [-0.25, -0.2) is 18.2 Å². The van der Waals surface area contributed by atoms with E-state index in [-0.39, 0.29) is 10.5 Å². The predicted octanol–water partition coefficient (Wildman–Crippen LogP) is 2.93. The zero-order valence-electron chi connectivity index (χ0n) is 18.5. The Hall–Kier alpha value is -2.98. The molecule has 2 aromatic rings. The molecule has 176 valence electrons. The zero-order chi connectivity index (χ0) is 23.4. The SMILES string of the molecule is Cc1ccc(S(=O)(=O)N2CCCCC2)cc1NC(=O)COC(=O)c1ccc(NC2CC2)nc1. The first-order chi connectivity index (χ1) is 15.8. The number of esters is 1. The van der Waals surface area contributed by atoms with Gasteiger partial charge >= 0.3 is 5.97 Å². The van der Waals surface area contributed by atoms with Crippen LogP contribution in [-0.4, -0.2) is 55.3 Å². The van der Waals surface area contributed by atoms with E-state index in [1.165, 1.54) is 16.6 Å². The summed E-state index contributed by atoms with van der Waals surface area (Å²) in [5.41, 5.74) is 1.32. The molecule has 2 N–H and O–H groups in total. The van der Waals surface area contributed by atoms with Crippen LogP contribution in [0, 0.1) is 6.92 Å². The summed E-state index contributed by atoms with van der Waals surface area (Å²) in [6.07, 6.45) is 6.35. The number of hydrogen-bond donors (Lipinski definition) is 2. The number of piperidine rings is 1. The largest absolute Gasteiger partial charge is 0.452 e. The summed E-state index contributed by atoms with van der Waals surface area (Å²) in [6, 6.07) is 8.40. The maximum atomic E-state index is 12.9. The number of carbonyl (C=O) groups is 2. The standard InChI is InChI=1S/C23H28N4O5S/c1-16-5-9-19(33(30,31)27-11-3-2-4-12-27)13-20(16)26-22(28)15-32-23(29)17-6-10-21(24-14-17)25-18-7-8-18/h5-6,9-10,13-14,18H,2-4,7-8,11-12,15H2,1H3,(H,24,25)(H,26,28). The van der Waals surface area contributed by atoms with Crippen LogP contribution in [0.1, 0.15) is 48.0 Å². The minimum Gasteiger partial charge on any atom is -0.452 e. The number of aryl methyl sites for hydroxylation is 1. The molecule has 2 aliphatic rings. The Bertz CT molecular complexity index is 1120. The highest BCUT2D eigenvalue weighted by molar-refractivity contribution is 7.89. The van der Waals surface area contributed by atoms with E-state index in [9.17, 15) is 18.0 Å². The number of sulfonamides is 1. The monoisotopic (exact) mass is 472 g/mol. The summed E-state index contributed by atoms with van der Waals surface area (Å²) in [5.74, 6) is -0.519. The van der Waals surface area contributed by atoms with E-state index in [0.717, 1.165) is 32.1 Å². The fraction of sp³-hybridized carbons (Fsp3) is 0.435. The van der Waals surface area contributed by atoms with Crippen LogP contribution in [0.25, 0.3) is 0 Å². The van der Waals surface area contributed by atoms with Crippen molar-refractivity contribution in [2.75, 3.05) is 30.3 Å². The minimum atomic E-state index is -3.62. The van der Waals surface area contributed by atoms with E-state index in [4.69, 9.17) is 4.74 Å². The molecular formula is C23H28N4O5S. The van der Waals surface area contributed by atoms with E-state index < -0.39 is 28.5 Å². The molecule has 33 heavy (non-hydrogen) atoms. The first kappa shape index (κ1) is 23.2. The van der Waals surface area contributed by atoms with Gasteiger partial charge in [0.1, 0.15) is 5.82 Å². The second kappa shape index (κ2) is 9.88. The van der Waals surface area contributed by atoms with Gasteiger partial charge in [0.25, 0.3) is 5.91 Å². The number of pyridine rings is 1. The van der Waals surface area contributed by atoms with E-state index in [1.807, 2.05) is 0 Å². The summed E-state index contributed by atoms with van der Waals surface area (Å²) in [6.45, 7) is 2.27. The average Bonchev–Trinajstić information content (AvgIpc) is 3.64. The number of nitrogens with zero attached hydrogens (tertiary/aromatic N) is 2. The number of ether oxygens (including phenoxy) is 1.